The number of nitro groups is 1. The van der Waals surface area contributed by atoms with Gasteiger partial charge in [0.15, 0.2) is 5.75 Å². The third-order valence-electron chi connectivity index (χ3n) is 1.86. The first-order valence-electron chi connectivity index (χ1n) is 4.61. The molecule has 0 saturated carbocycles. The Morgan fingerprint density at radius 3 is 2.78 bits per heavy atom. The molecule has 0 aliphatic carbocycles. The second-order valence-electron chi connectivity index (χ2n) is 3.12. The summed E-state index contributed by atoms with van der Waals surface area (Å²) in [6.45, 7) is 0. The minimum absolute atomic E-state index is 0.123. The van der Waals surface area contributed by atoms with Crippen molar-refractivity contribution in [1.82, 2.24) is 15.0 Å². The lowest BCUT2D eigenvalue weighted by Crippen LogP contribution is -2.01. The van der Waals surface area contributed by atoms with Gasteiger partial charge >= 0.3 is 11.7 Å². The predicted molar refractivity (Wildman–Crippen MR) is 62.4 cm³/mol. The first-order valence-corrected chi connectivity index (χ1v) is 4.99. The first-order chi connectivity index (χ1) is 8.56. The molecule has 92 valence electrons. The van der Waals surface area contributed by atoms with Crippen molar-refractivity contribution in [1.29, 1.82) is 0 Å². The lowest BCUT2D eigenvalue weighted by molar-refractivity contribution is -0.384. The quantitative estimate of drug-likeness (QED) is 0.665. The van der Waals surface area contributed by atoms with Gasteiger partial charge in [0.1, 0.15) is 6.20 Å². The molecule has 2 N–H and O–H groups in total. The number of aromatic nitrogens is 3. The molecule has 9 heteroatoms. The molecule has 0 fully saturated rings. The van der Waals surface area contributed by atoms with Crippen LogP contribution < -0.4 is 10.5 Å². The minimum Gasteiger partial charge on any atom is -0.423 e. The lowest BCUT2D eigenvalue weighted by atomic mass is 10.4. The molecule has 2 aromatic heterocycles. The van der Waals surface area contributed by atoms with E-state index in [9.17, 15) is 10.1 Å². The van der Waals surface area contributed by atoms with E-state index in [0.29, 0.717) is 10.8 Å². The van der Waals surface area contributed by atoms with Crippen LogP contribution in [-0.4, -0.2) is 19.9 Å². The number of halogens is 1. The second-order valence-corrected chi connectivity index (χ2v) is 3.56. The summed E-state index contributed by atoms with van der Waals surface area (Å²) in [5.74, 6) is 0.0238. The molecule has 0 radical (unpaired) electrons. The molecule has 2 rings (SSSR count). The Morgan fingerprint density at radius 1 is 1.39 bits per heavy atom. The molecule has 18 heavy (non-hydrogen) atoms. The van der Waals surface area contributed by atoms with Gasteiger partial charge in [-0.1, -0.05) is 11.6 Å². The van der Waals surface area contributed by atoms with Crippen LogP contribution in [0, 0.1) is 10.1 Å². The molecular weight excluding hydrogens is 262 g/mol. The standard InChI is InChI=1S/C9H6ClN5O3/c10-5-1-6(3-12-2-5)18-9-13-4-7(15(16)17)8(11)14-9/h1-4H,(H2,11,13,14). The molecule has 2 heterocycles. The van der Waals surface area contributed by atoms with E-state index in [0.717, 1.165) is 6.20 Å². The van der Waals surface area contributed by atoms with E-state index < -0.39 is 4.92 Å². The monoisotopic (exact) mass is 267 g/mol. The summed E-state index contributed by atoms with van der Waals surface area (Å²) in [4.78, 5) is 20.9. The number of hydrogen-bond acceptors (Lipinski definition) is 7. The molecule has 2 aromatic rings. The molecule has 8 nitrogen and oxygen atoms in total. The normalized spacial score (nSPS) is 10.1. The van der Waals surface area contributed by atoms with Crippen molar-refractivity contribution in [3.8, 4) is 11.8 Å². The maximum absolute atomic E-state index is 10.5. The van der Waals surface area contributed by atoms with Gasteiger partial charge in [-0.15, -0.1) is 0 Å². The predicted octanol–water partition coefficient (Wildman–Crippen LogP) is 1.81. The number of ether oxygens (including phenoxy) is 1. The highest BCUT2D eigenvalue weighted by molar-refractivity contribution is 6.30. The molecule has 0 aromatic carbocycles. The molecule has 0 aliphatic heterocycles. The van der Waals surface area contributed by atoms with Crippen LogP contribution in [0.3, 0.4) is 0 Å². The maximum Gasteiger partial charge on any atom is 0.329 e. The summed E-state index contributed by atoms with van der Waals surface area (Å²) in [5.41, 5.74) is 5.01. The fourth-order valence-corrected chi connectivity index (χ4v) is 1.28. The zero-order valence-corrected chi connectivity index (χ0v) is 9.53. The van der Waals surface area contributed by atoms with Crippen molar-refractivity contribution in [2.75, 3.05) is 5.73 Å². The van der Waals surface area contributed by atoms with E-state index in [1.807, 2.05) is 0 Å². The summed E-state index contributed by atoms with van der Waals surface area (Å²) < 4.78 is 5.20. The van der Waals surface area contributed by atoms with Gasteiger partial charge in [-0.2, -0.15) is 9.97 Å². The highest BCUT2D eigenvalue weighted by Gasteiger charge is 2.15. The van der Waals surface area contributed by atoms with Gasteiger partial charge in [0.2, 0.25) is 5.82 Å². The van der Waals surface area contributed by atoms with E-state index in [1.54, 1.807) is 0 Å². The lowest BCUT2D eigenvalue weighted by Gasteiger charge is -2.03. The van der Waals surface area contributed by atoms with E-state index in [1.165, 1.54) is 18.5 Å². The van der Waals surface area contributed by atoms with Gasteiger partial charge in [0.25, 0.3) is 0 Å². The third-order valence-corrected chi connectivity index (χ3v) is 2.07. The Labute approximate surface area is 106 Å². The van der Waals surface area contributed by atoms with E-state index >= 15 is 0 Å². The Kier molecular flexibility index (Phi) is 3.20. The van der Waals surface area contributed by atoms with Crippen molar-refractivity contribution in [2.45, 2.75) is 0 Å². The number of nitrogens with two attached hydrogens (primary N) is 1. The van der Waals surface area contributed by atoms with Crippen molar-refractivity contribution in [3.63, 3.8) is 0 Å². The molecule has 0 amide bonds. The Bertz CT molecular complexity index is 607. The largest absolute Gasteiger partial charge is 0.423 e. The maximum atomic E-state index is 10.5. The van der Waals surface area contributed by atoms with E-state index in [2.05, 4.69) is 15.0 Å². The van der Waals surface area contributed by atoms with Crippen molar-refractivity contribution >= 4 is 23.1 Å². The van der Waals surface area contributed by atoms with E-state index in [-0.39, 0.29) is 17.5 Å². The Hall–Kier alpha value is -2.48. The van der Waals surface area contributed by atoms with Crippen LogP contribution in [-0.2, 0) is 0 Å². The highest BCUT2D eigenvalue weighted by Crippen LogP contribution is 2.23. The minimum atomic E-state index is -0.681. The Morgan fingerprint density at radius 2 is 2.17 bits per heavy atom. The van der Waals surface area contributed by atoms with Crippen molar-refractivity contribution < 1.29 is 9.66 Å². The number of nitrogen functional groups attached to an aromatic ring is 1. The van der Waals surface area contributed by atoms with Crippen LogP contribution in [0.15, 0.2) is 24.7 Å². The van der Waals surface area contributed by atoms with Gasteiger partial charge in [0, 0.05) is 12.3 Å². The van der Waals surface area contributed by atoms with Crippen LogP contribution in [0.2, 0.25) is 5.02 Å². The van der Waals surface area contributed by atoms with Crippen LogP contribution >= 0.6 is 11.6 Å². The van der Waals surface area contributed by atoms with E-state index in [4.69, 9.17) is 22.1 Å². The molecular formula is C9H6ClN5O3. The second kappa shape index (κ2) is 4.80. The molecule has 0 atom stereocenters. The zero-order valence-electron chi connectivity index (χ0n) is 8.78. The smallest absolute Gasteiger partial charge is 0.329 e. The molecule has 0 saturated heterocycles. The van der Waals surface area contributed by atoms with Crippen LogP contribution in [0.25, 0.3) is 0 Å². The van der Waals surface area contributed by atoms with Gasteiger partial charge in [0.05, 0.1) is 16.1 Å². The number of pyridine rings is 1. The average molecular weight is 268 g/mol. The molecule has 0 unspecified atom stereocenters. The van der Waals surface area contributed by atoms with Gasteiger partial charge in [-0.3, -0.25) is 15.1 Å². The highest BCUT2D eigenvalue weighted by atomic mass is 35.5. The topological polar surface area (TPSA) is 117 Å². The van der Waals surface area contributed by atoms with Gasteiger partial charge in [-0.25, -0.2) is 0 Å². The number of anilines is 1. The summed E-state index contributed by atoms with van der Waals surface area (Å²) in [6, 6.07) is 1.37. The number of hydrogen-bond donors (Lipinski definition) is 1. The number of nitrogens with zero attached hydrogens (tertiary/aromatic N) is 4. The fourth-order valence-electron chi connectivity index (χ4n) is 1.12. The number of rotatable bonds is 3. The van der Waals surface area contributed by atoms with Crippen LogP contribution in [0.4, 0.5) is 11.5 Å². The SMILES string of the molecule is Nc1nc(Oc2cncc(Cl)c2)ncc1[N+](=O)[O-]. The molecule has 0 aliphatic rings. The summed E-state index contributed by atoms with van der Waals surface area (Å²) in [5, 5.41) is 10.9. The van der Waals surface area contributed by atoms with Gasteiger partial charge in [-0.05, 0) is 0 Å². The van der Waals surface area contributed by atoms with Crippen LogP contribution in [0.1, 0.15) is 0 Å². The summed E-state index contributed by atoms with van der Waals surface area (Å²) in [7, 11) is 0. The third kappa shape index (κ3) is 2.61. The van der Waals surface area contributed by atoms with Crippen LogP contribution in [0.5, 0.6) is 11.8 Å². The van der Waals surface area contributed by atoms with Gasteiger partial charge < -0.3 is 10.5 Å². The molecule has 0 spiro atoms. The van der Waals surface area contributed by atoms with Crippen molar-refractivity contribution in [3.05, 3.63) is 39.8 Å². The zero-order chi connectivity index (χ0) is 13.1. The average Bonchev–Trinajstić information content (AvgIpc) is 2.28. The first kappa shape index (κ1) is 12.0. The van der Waals surface area contributed by atoms with Crippen molar-refractivity contribution in [2.24, 2.45) is 0 Å². The summed E-state index contributed by atoms with van der Waals surface area (Å²) >= 11 is 5.71. The Balaban J connectivity index is 2.25. The molecule has 0 bridgehead atoms. The summed E-state index contributed by atoms with van der Waals surface area (Å²) in [6.07, 6.45) is 3.79. The fraction of sp³-hybridized carbons (Fsp3) is 0.